The molecule has 1 heterocycles. The molecule has 0 bridgehead atoms. The van der Waals surface area contributed by atoms with Crippen molar-refractivity contribution >= 4 is 48.9 Å². The SMILES string of the molecule is Nc1cc(Cl)cc(S(=O)(=O)Nc2cnoc2)c1Br. The van der Waals surface area contributed by atoms with E-state index in [-0.39, 0.29) is 25.8 Å². The fourth-order valence-corrected chi connectivity index (χ4v) is 3.56. The Labute approximate surface area is 116 Å². The fraction of sp³-hybridized carbons (Fsp3) is 0. The zero-order chi connectivity index (χ0) is 13.3. The smallest absolute Gasteiger partial charge is 0.263 e. The molecule has 0 amide bonds. The quantitative estimate of drug-likeness (QED) is 0.827. The lowest BCUT2D eigenvalue weighted by Crippen LogP contribution is -2.13. The summed E-state index contributed by atoms with van der Waals surface area (Å²) in [5, 5.41) is 3.62. The second kappa shape index (κ2) is 4.79. The molecule has 9 heteroatoms. The summed E-state index contributed by atoms with van der Waals surface area (Å²) >= 11 is 8.90. The molecule has 0 radical (unpaired) electrons. The minimum absolute atomic E-state index is 0.0614. The number of nitrogens with zero attached hydrogens (tertiary/aromatic N) is 1. The molecule has 0 unspecified atom stereocenters. The first-order chi connectivity index (χ1) is 8.40. The van der Waals surface area contributed by atoms with Gasteiger partial charge in [0.25, 0.3) is 10.0 Å². The second-order valence-corrected chi connectivity index (χ2v) is 6.21. The van der Waals surface area contributed by atoms with Crippen molar-refractivity contribution in [3.05, 3.63) is 34.1 Å². The van der Waals surface area contributed by atoms with Crippen LogP contribution < -0.4 is 10.5 Å². The molecule has 3 N–H and O–H groups in total. The second-order valence-electron chi connectivity index (χ2n) is 3.33. The summed E-state index contributed by atoms with van der Waals surface area (Å²) in [5.41, 5.74) is 6.08. The van der Waals surface area contributed by atoms with E-state index in [1.807, 2.05) is 0 Å². The first-order valence-corrected chi connectivity index (χ1v) is 7.22. The number of hydrogen-bond donors (Lipinski definition) is 2. The van der Waals surface area contributed by atoms with Crippen LogP contribution in [-0.2, 0) is 10.0 Å². The van der Waals surface area contributed by atoms with Crippen LogP contribution in [0.25, 0.3) is 0 Å². The number of hydrogen-bond acceptors (Lipinski definition) is 5. The van der Waals surface area contributed by atoms with Gasteiger partial charge in [-0.05, 0) is 28.1 Å². The molecule has 18 heavy (non-hydrogen) atoms. The monoisotopic (exact) mass is 351 g/mol. The van der Waals surface area contributed by atoms with E-state index in [0.29, 0.717) is 0 Å². The van der Waals surface area contributed by atoms with Crippen LogP contribution in [0.5, 0.6) is 0 Å². The molecular formula is C9H7BrClN3O3S. The molecular weight excluding hydrogens is 346 g/mol. The van der Waals surface area contributed by atoms with Gasteiger partial charge in [-0.2, -0.15) is 0 Å². The highest BCUT2D eigenvalue weighted by atomic mass is 79.9. The summed E-state index contributed by atoms with van der Waals surface area (Å²) in [5.74, 6) is 0. The molecule has 1 aromatic carbocycles. The molecule has 0 spiro atoms. The molecule has 6 nitrogen and oxygen atoms in total. The molecule has 0 saturated carbocycles. The highest BCUT2D eigenvalue weighted by Gasteiger charge is 2.20. The number of aromatic nitrogens is 1. The summed E-state index contributed by atoms with van der Waals surface area (Å²) in [7, 11) is -3.82. The van der Waals surface area contributed by atoms with Crippen molar-refractivity contribution in [1.82, 2.24) is 5.16 Å². The maximum Gasteiger partial charge on any atom is 0.263 e. The van der Waals surface area contributed by atoms with Crippen LogP contribution in [-0.4, -0.2) is 13.6 Å². The van der Waals surface area contributed by atoms with E-state index in [9.17, 15) is 8.42 Å². The molecule has 1 aromatic heterocycles. The van der Waals surface area contributed by atoms with Gasteiger partial charge in [0, 0.05) is 10.7 Å². The normalized spacial score (nSPS) is 11.4. The van der Waals surface area contributed by atoms with Crippen LogP contribution in [0, 0.1) is 0 Å². The third kappa shape index (κ3) is 2.60. The Bertz CT molecular complexity index is 673. The Kier molecular flexibility index (Phi) is 3.51. The Morgan fingerprint density at radius 3 is 2.78 bits per heavy atom. The molecule has 2 rings (SSSR count). The first-order valence-electron chi connectivity index (χ1n) is 4.57. The van der Waals surface area contributed by atoms with Crippen LogP contribution in [0.3, 0.4) is 0 Å². The van der Waals surface area contributed by atoms with Crippen molar-refractivity contribution in [3.63, 3.8) is 0 Å². The van der Waals surface area contributed by atoms with Gasteiger partial charge < -0.3 is 10.3 Å². The Hall–Kier alpha value is -1.25. The summed E-state index contributed by atoms with van der Waals surface area (Å²) in [6, 6.07) is 2.74. The predicted octanol–water partition coefficient (Wildman–Crippen LogP) is 2.47. The molecule has 0 atom stereocenters. The third-order valence-electron chi connectivity index (χ3n) is 2.01. The van der Waals surface area contributed by atoms with E-state index in [0.717, 1.165) is 0 Å². The first kappa shape index (κ1) is 13.2. The largest absolute Gasteiger partial charge is 0.398 e. The Morgan fingerprint density at radius 1 is 1.44 bits per heavy atom. The van der Waals surface area contributed by atoms with E-state index in [4.69, 9.17) is 17.3 Å². The van der Waals surface area contributed by atoms with Gasteiger partial charge in [0.15, 0.2) is 0 Å². The number of nitrogens with one attached hydrogen (secondary N) is 1. The van der Waals surface area contributed by atoms with Gasteiger partial charge in [0.05, 0.1) is 10.7 Å². The lowest BCUT2D eigenvalue weighted by atomic mass is 10.3. The highest BCUT2D eigenvalue weighted by Crippen LogP contribution is 2.32. The van der Waals surface area contributed by atoms with E-state index in [2.05, 4.69) is 30.3 Å². The van der Waals surface area contributed by atoms with Gasteiger partial charge in [-0.15, -0.1) is 0 Å². The third-order valence-corrected chi connectivity index (χ3v) is 4.78. The number of halogens is 2. The molecule has 0 aliphatic carbocycles. The average molecular weight is 353 g/mol. The highest BCUT2D eigenvalue weighted by molar-refractivity contribution is 9.10. The predicted molar refractivity (Wildman–Crippen MR) is 70.9 cm³/mol. The maximum absolute atomic E-state index is 12.1. The van der Waals surface area contributed by atoms with Crippen molar-refractivity contribution < 1.29 is 12.9 Å². The Morgan fingerprint density at radius 2 is 2.17 bits per heavy atom. The number of rotatable bonds is 3. The summed E-state index contributed by atoms with van der Waals surface area (Å²) in [6.45, 7) is 0. The van der Waals surface area contributed by atoms with Crippen molar-refractivity contribution in [2.45, 2.75) is 4.90 Å². The van der Waals surface area contributed by atoms with Crippen LogP contribution >= 0.6 is 27.5 Å². The van der Waals surface area contributed by atoms with Crippen LogP contribution in [0.1, 0.15) is 0 Å². The number of nitrogens with two attached hydrogens (primary N) is 1. The number of nitrogen functional groups attached to an aromatic ring is 1. The topological polar surface area (TPSA) is 98.2 Å². The van der Waals surface area contributed by atoms with Crippen molar-refractivity contribution in [3.8, 4) is 0 Å². The van der Waals surface area contributed by atoms with Gasteiger partial charge in [-0.1, -0.05) is 16.8 Å². The van der Waals surface area contributed by atoms with Gasteiger partial charge in [0.1, 0.15) is 16.8 Å². The lowest BCUT2D eigenvalue weighted by molar-refractivity contribution is 0.420. The molecule has 0 fully saturated rings. The minimum atomic E-state index is -3.82. The molecule has 0 aliphatic rings. The van der Waals surface area contributed by atoms with Crippen molar-refractivity contribution in [2.75, 3.05) is 10.5 Å². The standard InChI is InChI=1S/C9H7BrClN3O3S/c10-9-7(12)1-5(11)2-8(9)18(15,16)14-6-3-13-17-4-6/h1-4,14H,12H2. The van der Waals surface area contributed by atoms with E-state index in [1.54, 1.807) is 0 Å². The van der Waals surface area contributed by atoms with E-state index >= 15 is 0 Å². The van der Waals surface area contributed by atoms with Crippen LogP contribution in [0.15, 0.2) is 38.5 Å². The molecule has 2 aromatic rings. The van der Waals surface area contributed by atoms with Gasteiger partial charge >= 0.3 is 0 Å². The zero-order valence-electron chi connectivity index (χ0n) is 8.72. The minimum Gasteiger partial charge on any atom is -0.398 e. The summed E-state index contributed by atoms with van der Waals surface area (Å²) < 4.78 is 31.3. The van der Waals surface area contributed by atoms with Crippen LogP contribution in [0.4, 0.5) is 11.4 Å². The summed E-state index contributed by atoms with van der Waals surface area (Å²) in [4.78, 5) is -0.0614. The maximum atomic E-state index is 12.1. The fourth-order valence-electron chi connectivity index (χ4n) is 1.25. The van der Waals surface area contributed by atoms with Gasteiger partial charge in [0.2, 0.25) is 0 Å². The van der Waals surface area contributed by atoms with E-state index < -0.39 is 10.0 Å². The zero-order valence-corrected chi connectivity index (χ0v) is 11.9. The van der Waals surface area contributed by atoms with Crippen molar-refractivity contribution in [1.29, 1.82) is 0 Å². The lowest BCUT2D eigenvalue weighted by Gasteiger charge is -2.09. The number of anilines is 2. The molecule has 0 saturated heterocycles. The van der Waals surface area contributed by atoms with Gasteiger partial charge in [-0.25, -0.2) is 8.42 Å². The summed E-state index contributed by atoms with van der Waals surface area (Å²) in [6.07, 6.45) is 2.40. The number of sulfonamides is 1. The molecule has 96 valence electrons. The number of benzene rings is 1. The Balaban J connectivity index is 2.48. The van der Waals surface area contributed by atoms with Crippen LogP contribution in [0.2, 0.25) is 5.02 Å². The molecule has 0 aliphatic heterocycles. The van der Waals surface area contributed by atoms with Gasteiger partial charge in [-0.3, -0.25) is 4.72 Å². The van der Waals surface area contributed by atoms with Crippen molar-refractivity contribution in [2.24, 2.45) is 0 Å². The van der Waals surface area contributed by atoms with E-state index in [1.165, 1.54) is 24.6 Å². The average Bonchev–Trinajstić information content (AvgIpc) is 2.75.